The van der Waals surface area contributed by atoms with E-state index in [9.17, 15) is 0 Å². The van der Waals surface area contributed by atoms with Crippen molar-refractivity contribution in [3.05, 3.63) is 12.4 Å². The van der Waals surface area contributed by atoms with Gasteiger partial charge in [0.15, 0.2) is 0 Å². The monoisotopic (exact) mass is 286 g/mol. The Morgan fingerprint density at radius 1 is 1.05 bits per heavy atom. The molecule has 1 heterocycles. The number of hydrogen-bond donors (Lipinski definition) is 2. The molecule has 0 radical (unpaired) electrons. The molecule has 0 aliphatic heterocycles. The van der Waals surface area contributed by atoms with Crippen molar-refractivity contribution in [2.24, 2.45) is 23.2 Å². The molecular formula is C17H26N4. The van der Waals surface area contributed by atoms with E-state index < -0.39 is 0 Å². The fourth-order valence-corrected chi connectivity index (χ4v) is 5.66. The smallest absolute Gasteiger partial charge is 0.131 e. The SMILES string of the molecule is CNc1cc(NC(C)C23CC4CC(CC(C4)C2)C3)ncn1. The molecule has 1 aromatic rings. The molecule has 0 aromatic carbocycles. The van der Waals surface area contributed by atoms with Gasteiger partial charge in [-0.1, -0.05) is 0 Å². The van der Waals surface area contributed by atoms with Gasteiger partial charge in [0.05, 0.1) is 0 Å². The van der Waals surface area contributed by atoms with Crippen LogP contribution in [0, 0.1) is 23.2 Å². The lowest BCUT2D eigenvalue weighted by atomic mass is 9.48. The average molecular weight is 286 g/mol. The molecule has 21 heavy (non-hydrogen) atoms. The molecule has 1 atom stereocenters. The molecule has 0 spiro atoms. The van der Waals surface area contributed by atoms with Gasteiger partial charge in [0.25, 0.3) is 0 Å². The molecule has 4 saturated carbocycles. The highest BCUT2D eigenvalue weighted by molar-refractivity contribution is 5.46. The fourth-order valence-electron chi connectivity index (χ4n) is 5.66. The second-order valence-corrected chi connectivity index (χ2v) is 7.68. The van der Waals surface area contributed by atoms with Gasteiger partial charge in [0.1, 0.15) is 18.0 Å². The molecule has 5 rings (SSSR count). The van der Waals surface area contributed by atoms with E-state index in [1.54, 1.807) is 6.33 Å². The van der Waals surface area contributed by atoms with E-state index in [2.05, 4.69) is 27.5 Å². The highest BCUT2D eigenvalue weighted by Crippen LogP contribution is 2.61. The van der Waals surface area contributed by atoms with Crippen LogP contribution in [-0.2, 0) is 0 Å². The van der Waals surface area contributed by atoms with E-state index in [1.807, 2.05) is 13.1 Å². The Morgan fingerprint density at radius 3 is 2.19 bits per heavy atom. The van der Waals surface area contributed by atoms with Crippen LogP contribution in [0.4, 0.5) is 11.6 Å². The standard InChI is InChI=1S/C17H26N4/c1-11(21-16-6-15(18-2)19-10-20-16)17-7-12-3-13(8-17)5-14(4-12)9-17/h6,10-14H,3-5,7-9H2,1-2H3,(H2,18,19,20,21). The van der Waals surface area contributed by atoms with Crippen molar-refractivity contribution < 1.29 is 0 Å². The van der Waals surface area contributed by atoms with E-state index >= 15 is 0 Å². The van der Waals surface area contributed by atoms with Crippen LogP contribution < -0.4 is 10.6 Å². The number of nitrogens with zero attached hydrogens (tertiary/aromatic N) is 2. The van der Waals surface area contributed by atoms with E-state index in [0.717, 1.165) is 29.4 Å². The lowest BCUT2D eigenvalue weighted by Gasteiger charge is -2.59. The zero-order chi connectivity index (χ0) is 14.4. The summed E-state index contributed by atoms with van der Waals surface area (Å²) < 4.78 is 0. The van der Waals surface area contributed by atoms with Gasteiger partial charge in [-0.05, 0) is 68.6 Å². The second-order valence-electron chi connectivity index (χ2n) is 7.68. The van der Waals surface area contributed by atoms with Crippen LogP contribution in [0.15, 0.2) is 12.4 Å². The van der Waals surface area contributed by atoms with Crippen LogP contribution in [-0.4, -0.2) is 23.1 Å². The zero-order valence-electron chi connectivity index (χ0n) is 13.1. The molecule has 4 bridgehead atoms. The topological polar surface area (TPSA) is 49.8 Å². The summed E-state index contributed by atoms with van der Waals surface area (Å²) >= 11 is 0. The first-order valence-electron chi connectivity index (χ1n) is 8.43. The molecule has 2 N–H and O–H groups in total. The quantitative estimate of drug-likeness (QED) is 0.889. The molecule has 4 fully saturated rings. The first kappa shape index (κ1) is 13.4. The molecule has 4 aliphatic carbocycles. The summed E-state index contributed by atoms with van der Waals surface area (Å²) in [6, 6.07) is 2.52. The third-order valence-electron chi connectivity index (χ3n) is 6.29. The minimum Gasteiger partial charge on any atom is -0.373 e. The van der Waals surface area contributed by atoms with Crippen LogP contribution in [0.3, 0.4) is 0 Å². The Morgan fingerprint density at radius 2 is 1.62 bits per heavy atom. The first-order valence-corrected chi connectivity index (χ1v) is 8.43. The van der Waals surface area contributed by atoms with Crippen LogP contribution in [0.25, 0.3) is 0 Å². The van der Waals surface area contributed by atoms with E-state index in [-0.39, 0.29) is 0 Å². The number of rotatable bonds is 4. The third-order valence-corrected chi connectivity index (χ3v) is 6.29. The molecular weight excluding hydrogens is 260 g/mol. The van der Waals surface area contributed by atoms with Gasteiger partial charge < -0.3 is 10.6 Å². The number of nitrogens with one attached hydrogen (secondary N) is 2. The predicted molar refractivity (Wildman–Crippen MR) is 85.3 cm³/mol. The van der Waals surface area contributed by atoms with Gasteiger partial charge in [-0.15, -0.1) is 0 Å². The second kappa shape index (κ2) is 4.85. The van der Waals surface area contributed by atoms with E-state index in [1.165, 1.54) is 38.5 Å². The first-order chi connectivity index (χ1) is 10.2. The van der Waals surface area contributed by atoms with Gasteiger partial charge in [-0.3, -0.25) is 0 Å². The van der Waals surface area contributed by atoms with Gasteiger partial charge in [0, 0.05) is 19.2 Å². The van der Waals surface area contributed by atoms with Crippen molar-refractivity contribution in [1.29, 1.82) is 0 Å². The minimum absolute atomic E-state index is 0.505. The highest BCUT2D eigenvalue weighted by atomic mass is 15.1. The predicted octanol–water partition coefficient (Wildman–Crippen LogP) is 3.54. The zero-order valence-corrected chi connectivity index (χ0v) is 13.1. The molecule has 4 heteroatoms. The van der Waals surface area contributed by atoms with E-state index in [0.29, 0.717) is 11.5 Å². The third kappa shape index (κ3) is 2.29. The van der Waals surface area contributed by atoms with Crippen LogP contribution in [0.2, 0.25) is 0 Å². The van der Waals surface area contributed by atoms with Crippen molar-refractivity contribution in [2.75, 3.05) is 17.7 Å². The number of aromatic nitrogens is 2. The summed E-state index contributed by atoms with van der Waals surface area (Å²) in [6.45, 7) is 2.37. The van der Waals surface area contributed by atoms with Gasteiger partial charge in [-0.25, -0.2) is 9.97 Å². The Bertz CT molecular complexity index is 492. The maximum Gasteiger partial charge on any atom is 0.131 e. The van der Waals surface area contributed by atoms with Crippen LogP contribution in [0.1, 0.15) is 45.4 Å². The highest BCUT2D eigenvalue weighted by Gasteiger charge is 2.53. The normalized spacial score (nSPS) is 38.3. The summed E-state index contributed by atoms with van der Waals surface area (Å²) in [5.74, 6) is 4.83. The molecule has 4 aliphatic rings. The van der Waals surface area contributed by atoms with Gasteiger partial charge in [-0.2, -0.15) is 0 Å². The summed E-state index contributed by atoms with van der Waals surface area (Å²) in [6.07, 6.45) is 10.4. The Kier molecular flexibility index (Phi) is 3.09. The number of hydrogen-bond acceptors (Lipinski definition) is 4. The summed E-state index contributed by atoms with van der Waals surface area (Å²) in [5.41, 5.74) is 0.513. The molecule has 0 amide bonds. The number of anilines is 2. The molecule has 0 saturated heterocycles. The minimum atomic E-state index is 0.505. The maximum atomic E-state index is 4.39. The van der Waals surface area contributed by atoms with Crippen molar-refractivity contribution in [3.63, 3.8) is 0 Å². The molecule has 114 valence electrons. The van der Waals surface area contributed by atoms with Crippen molar-refractivity contribution in [2.45, 2.75) is 51.5 Å². The van der Waals surface area contributed by atoms with Crippen LogP contribution in [0.5, 0.6) is 0 Å². The van der Waals surface area contributed by atoms with Crippen molar-refractivity contribution in [3.8, 4) is 0 Å². The van der Waals surface area contributed by atoms with Crippen molar-refractivity contribution >= 4 is 11.6 Å². The van der Waals surface area contributed by atoms with Crippen LogP contribution >= 0.6 is 0 Å². The Labute approximate surface area is 127 Å². The van der Waals surface area contributed by atoms with Gasteiger partial charge >= 0.3 is 0 Å². The lowest BCUT2D eigenvalue weighted by Crippen LogP contribution is -2.53. The molecule has 1 unspecified atom stereocenters. The van der Waals surface area contributed by atoms with Crippen molar-refractivity contribution in [1.82, 2.24) is 9.97 Å². The molecule has 4 nitrogen and oxygen atoms in total. The largest absolute Gasteiger partial charge is 0.373 e. The Hall–Kier alpha value is -1.32. The fraction of sp³-hybridized carbons (Fsp3) is 0.765. The van der Waals surface area contributed by atoms with E-state index in [4.69, 9.17) is 0 Å². The Balaban J connectivity index is 1.53. The average Bonchev–Trinajstić information content (AvgIpc) is 2.46. The lowest BCUT2D eigenvalue weighted by molar-refractivity contribution is -0.0603. The summed E-state index contributed by atoms with van der Waals surface area (Å²) in [7, 11) is 1.90. The summed E-state index contributed by atoms with van der Waals surface area (Å²) in [4.78, 5) is 8.59. The van der Waals surface area contributed by atoms with Gasteiger partial charge in [0.2, 0.25) is 0 Å². The maximum absolute atomic E-state index is 4.39. The summed E-state index contributed by atoms with van der Waals surface area (Å²) in [5, 5.41) is 6.77. The molecule has 1 aromatic heterocycles.